The van der Waals surface area contributed by atoms with E-state index in [2.05, 4.69) is 43.3 Å². The van der Waals surface area contributed by atoms with Gasteiger partial charge in [0.1, 0.15) is 11.4 Å². The second-order valence-corrected chi connectivity index (χ2v) is 10.4. The number of ether oxygens (including phenoxy) is 1. The summed E-state index contributed by atoms with van der Waals surface area (Å²) in [6, 6.07) is 6.11. The second-order valence-electron chi connectivity index (χ2n) is 8.32. The van der Waals surface area contributed by atoms with Crippen LogP contribution in [0, 0.1) is 26.2 Å². The summed E-state index contributed by atoms with van der Waals surface area (Å²) in [4.78, 5) is 14.6. The van der Waals surface area contributed by atoms with Crippen molar-refractivity contribution < 1.29 is 9.53 Å². The van der Waals surface area contributed by atoms with Crippen molar-refractivity contribution in [3.05, 3.63) is 47.0 Å². The number of nitrogens with zero attached hydrogens (tertiary/aromatic N) is 7. The number of hydrogen-bond acceptors (Lipinski definition) is 5. The Hall–Kier alpha value is -2.90. The lowest BCUT2D eigenvalue weighted by Crippen LogP contribution is -2.30. The van der Waals surface area contributed by atoms with Gasteiger partial charge in [-0.1, -0.05) is 19.9 Å². The number of aromatic nitrogens is 6. The molecular weight excluding hydrogens is 600 g/mol. The molecule has 0 aliphatic heterocycles. The van der Waals surface area contributed by atoms with Crippen molar-refractivity contribution in [3.8, 4) is 29.4 Å². The lowest BCUT2D eigenvalue weighted by atomic mass is 10.1. The number of fused-ring (bicyclic) bond motifs is 1. The third kappa shape index (κ3) is 5.83. The standard InChI is InChI=1S/C24H27IN7O2P.C2H6/c1-7-20-18-13-17(9-10-21(18)32(28-20)35-25)19-14-26-31(6)24(19)34-12-8-11-29(4)23(33)22-15(2)16(3)27-30(22)5;1-2/h1,9-10,13-14,35H,8,11-12H2,2-6H3;1-2H3. The number of carbonyl (C=O) groups is 1. The van der Waals surface area contributed by atoms with Crippen LogP contribution in [-0.4, -0.2) is 60.1 Å². The Labute approximate surface area is 232 Å². The molecule has 0 aliphatic carbocycles. The molecule has 0 saturated heterocycles. The molecular formula is C26H33IN7O2P. The molecule has 1 amide bonds. The second kappa shape index (κ2) is 12.6. The van der Waals surface area contributed by atoms with Crippen LogP contribution in [0.3, 0.4) is 0 Å². The molecule has 0 fully saturated rings. The van der Waals surface area contributed by atoms with Crippen LogP contribution in [0.25, 0.3) is 22.0 Å². The minimum atomic E-state index is -0.0443. The van der Waals surface area contributed by atoms with Gasteiger partial charge in [-0.2, -0.15) is 15.3 Å². The van der Waals surface area contributed by atoms with E-state index in [1.165, 1.54) is 0 Å². The third-order valence-corrected chi connectivity index (χ3v) is 7.91. The Bertz CT molecular complexity index is 1450. The van der Waals surface area contributed by atoms with Crippen LogP contribution >= 0.6 is 28.4 Å². The van der Waals surface area contributed by atoms with Crippen LogP contribution < -0.4 is 4.74 Å². The minimum Gasteiger partial charge on any atom is -0.477 e. The largest absolute Gasteiger partial charge is 0.477 e. The Morgan fingerprint density at radius 1 is 1.22 bits per heavy atom. The molecule has 4 aromatic rings. The summed E-state index contributed by atoms with van der Waals surface area (Å²) in [6.45, 7) is 8.84. The molecule has 0 saturated carbocycles. The van der Waals surface area contributed by atoms with Gasteiger partial charge in [-0.15, -0.1) is 6.42 Å². The molecule has 1 atom stereocenters. The SMILES string of the molecule is C#Cc1nn(PI)c2ccc(-c3cnn(C)c3OCCCN(C)C(=O)c3c(C)c(C)nn3C)cc12.CC. The Morgan fingerprint density at radius 2 is 1.95 bits per heavy atom. The Balaban J connectivity index is 0.00000186. The van der Waals surface area contributed by atoms with Gasteiger partial charge in [0.15, 0.2) is 0 Å². The van der Waals surface area contributed by atoms with Gasteiger partial charge in [0, 0.05) is 38.6 Å². The summed E-state index contributed by atoms with van der Waals surface area (Å²) >= 11 is 2.29. The van der Waals surface area contributed by atoms with Crippen molar-refractivity contribution in [2.45, 2.75) is 34.1 Å². The molecule has 9 nitrogen and oxygen atoms in total. The maximum Gasteiger partial charge on any atom is 0.272 e. The first-order valence-corrected chi connectivity index (χ1v) is 16.1. The summed E-state index contributed by atoms with van der Waals surface area (Å²) in [5.74, 6) is 3.31. The van der Waals surface area contributed by atoms with Crippen molar-refractivity contribution in [2.75, 3.05) is 20.2 Å². The van der Waals surface area contributed by atoms with Crippen molar-refractivity contribution in [1.29, 1.82) is 0 Å². The first-order chi connectivity index (χ1) is 17.8. The zero-order valence-corrected chi connectivity index (χ0v) is 25.5. The fourth-order valence-electron chi connectivity index (χ4n) is 4.07. The number of terminal acetylenes is 1. The molecule has 1 aromatic carbocycles. The highest BCUT2D eigenvalue weighted by Gasteiger charge is 2.21. The van der Waals surface area contributed by atoms with E-state index in [0.29, 0.717) is 43.2 Å². The van der Waals surface area contributed by atoms with Crippen LogP contribution in [-0.2, 0) is 14.1 Å². The molecule has 0 bridgehead atoms. The lowest BCUT2D eigenvalue weighted by molar-refractivity contribution is 0.0775. The third-order valence-electron chi connectivity index (χ3n) is 6.04. The topological polar surface area (TPSA) is 83.0 Å². The van der Waals surface area contributed by atoms with E-state index in [0.717, 1.165) is 33.3 Å². The highest BCUT2D eigenvalue weighted by Crippen LogP contribution is 2.35. The van der Waals surface area contributed by atoms with Gasteiger partial charge in [0.2, 0.25) is 5.88 Å². The van der Waals surface area contributed by atoms with E-state index in [1.807, 2.05) is 57.4 Å². The van der Waals surface area contributed by atoms with Gasteiger partial charge >= 0.3 is 0 Å². The molecule has 37 heavy (non-hydrogen) atoms. The fourth-order valence-corrected chi connectivity index (χ4v) is 5.60. The van der Waals surface area contributed by atoms with E-state index in [4.69, 9.17) is 11.2 Å². The Morgan fingerprint density at radius 3 is 2.57 bits per heavy atom. The van der Waals surface area contributed by atoms with Crippen LogP contribution in [0.1, 0.15) is 47.7 Å². The Kier molecular flexibility index (Phi) is 9.74. The van der Waals surface area contributed by atoms with E-state index >= 15 is 0 Å². The predicted octanol–water partition coefficient (Wildman–Crippen LogP) is 5.13. The zero-order chi connectivity index (χ0) is 27.3. The number of hydrogen-bond donors (Lipinski definition) is 0. The molecule has 1 unspecified atom stereocenters. The highest BCUT2D eigenvalue weighted by molar-refractivity contribution is 14.2. The van der Waals surface area contributed by atoms with Gasteiger partial charge in [0.25, 0.3) is 5.91 Å². The average Bonchev–Trinajstić information content (AvgIpc) is 3.54. The van der Waals surface area contributed by atoms with E-state index in [-0.39, 0.29) is 5.91 Å². The summed E-state index contributed by atoms with van der Waals surface area (Å²) < 4.78 is 11.4. The first kappa shape index (κ1) is 28.7. The van der Waals surface area contributed by atoms with Gasteiger partial charge in [-0.05, 0) is 65.9 Å². The van der Waals surface area contributed by atoms with Crippen molar-refractivity contribution in [3.63, 3.8) is 0 Å². The van der Waals surface area contributed by atoms with E-state index in [9.17, 15) is 4.79 Å². The summed E-state index contributed by atoms with van der Waals surface area (Å²) in [6.07, 6.45) is 8.62. The zero-order valence-electron chi connectivity index (χ0n) is 22.3. The maximum atomic E-state index is 12.9. The van der Waals surface area contributed by atoms with Gasteiger partial charge in [-0.3, -0.25) is 9.48 Å². The number of carbonyl (C=O) groups excluding carboxylic acids is 1. The van der Waals surface area contributed by atoms with Crippen LogP contribution in [0.15, 0.2) is 24.4 Å². The van der Waals surface area contributed by atoms with E-state index in [1.54, 1.807) is 34.6 Å². The van der Waals surface area contributed by atoms with Crippen LogP contribution in [0.5, 0.6) is 5.88 Å². The summed E-state index contributed by atoms with van der Waals surface area (Å²) in [5, 5.41) is 14.2. The normalized spacial score (nSPS) is 11.0. The smallest absolute Gasteiger partial charge is 0.272 e. The van der Waals surface area contributed by atoms with Crippen molar-refractivity contribution in [1.82, 2.24) is 34.0 Å². The highest BCUT2D eigenvalue weighted by atomic mass is 127. The molecule has 11 heteroatoms. The number of halogens is 1. The van der Waals surface area contributed by atoms with E-state index < -0.39 is 0 Å². The minimum absolute atomic E-state index is 0.0443. The van der Waals surface area contributed by atoms with Gasteiger partial charge in [-0.25, -0.2) is 9.13 Å². The number of amides is 1. The maximum absolute atomic E-state index is 12.9. The molecule has 0 aliphatic rings. The predicted molar refractivity (Wildman–Crippen MR) is 159 cm³/mol. The molecule has 0 N–H and O–H groups in total. The van der Waals surface area contributed by atoms with Crippen LogP contribution in [0.2, 0.25) is 0 Å². The number of benzene rings is 1. The molecule has 4 rings (SSSR count). The van der Waals surface area contributed by atoms with Crippen molar-refractivity contribution in [2.24, 2.45) is 14.1 Å². The molecule has 0 spiro atoms. The van der Waals surface area contributed by atoms with Gasteiger partial charge < -0.3 is 9.64 Å². The molecule has 3 aromatic heterocycles. The molecule has 0 radical (unpaired) electrons. The lowest BCUT2D eigenvalue weighted by Gasteiger charge is -2.18. The summed E-state index contributed by atoms with van der Waals surface area (Å²) in [7, 11) is 5.45. The monoisotopic (exact) mass is 633 g/mol. The average molecular weight is 633 g/mol. The quantitative estimate of drug-likeness (QED) is 0.116. The van der Waals surface area contributed by atoms with Crippen LogP contribution in [0.4, 0.5) is 0 Å². The summed E-state index contributed by atoms with van der Waals surface area (Å²) in [5.41, 5.74) is 5.88. The van der Waals surface area contributed by atoms with Gasteiger partial charge in [0.05, 0.1) is 36.0 Å². The molecule has 3 heterocycles. The van der Waals surface area contributed by atoms with Crippen molar-refractivity contribution >= 4 is 45.2 Å². The fraction of sp³-hybridized carbons (Fsp3) is 0.385. The number of aryl methyl sites for hydroxylation is 3. The number of rotatable bonds is 8. The first-order valence-electron chi connectivity index (χ1n) is 12.0. The molecule has 196 valence electrons.